The summed E-state index contributed by atoms with van der Waals surface area (Å²) in [7, 11) is 3.27. The van der Waals surface area contributed by atoms with E-state index in [0.29, 0.717) is 34.5 Å². The molecular weight excluding hydrogens is 466 g/mol. The van der Waals surface area contributed by atoms with E-state index < -0.39 is 0 Å². The highest BCUT2D eigenvalue weighted by Crippen LogP contribution is 2.51. The highest BCUT2D eigenvalue weighted by Gasteiger charge is 2.35. The molecule has 1 atom stereocenters. The number of rotatable bonds is 4. The van der Waals surface area contributed by atoms with Crippen LogP contribution in [-0.2, 0) is 0 Å². The summed E-state index contributed by atoms with van der Waals surface area (Å²) in [4.78, 5) is 14.0. The van der Waals surface area contributed by atoms with Crippen LogP contribution < -0.4 is 14.2 Å². The van der Waals surface area contributed by atoms with Gasteiger partial charge in [-0.2, -0.15) is 0 Å². The first-order chi connectivity index (χ1) is 18.2. The third kappa shape index (κ3) is 3.30. The predicted octanol–water partition coefficient (Wildman–Crippen LogP) is 5.64. The van der Waals surface area contributed by atoms with E-state index in [4.69, 9.17) is 19.2 Å². The number of fused-ring (bicyclic) bond motifs is 6. The molecule has 8 nitrogen and oxygen atoms in total. The van der Waals surface area contributed by atoms with Crippen molar-refractivity contribution < 1.29 is 14.2 Å². The second-order valence-electron chi connectivity index (χ2n) is 8.73. The van der Waals surface area contributed by atoms with E-state index in [-0.39, 0.29) is 5.92 Å². The predicted molar refractivity (Wildman–Crippen MR) is 139 cm³/mol. The van der Waals surface area contributed by atoms with Gasteiger partial charge in [0.25, 0.3) is 0 Å². The summed E-state index contributed by atoms with van der Waals surface area (Å²) >= 11 is 0. The molecule has 3 aromatic heterocycles. The Labute approximate surface area is 212 Å². The standard InChI is InChI=1S/C29H21N5O3/c1-35-21-12-11-18(15-23(21)36-2)24-25-19-8-4-3-7-17(19)10-13-22(25)37-29-26(24)28-32-27(33-34(28)16-31-29)20-9-5-6-14-30-20/h3-16,24H,1-2H3/t24-/m0/s1. The first-order valence-corrected chi connectivity index (χ1v) is 11.8. The highest BCUT2D eigenvalue weighted by atomic mass is 16.5. The lowest BCUT2D eigenvalue weighted by atomic mass is 9.81. The van der Waals surface area contributed by atoms with Gasteiger partial charge in [0.15, 0.2) is 17.1 Å². The molecule has 3 aromatic carbocycles. The van der Waals surface area contributed by atoms with Gasteiger partial charge in [-0.3, -0.25) is 4.98 Å². The van der Waals surface area contributed by atoms with E-state index >= 15 is 0 Å². The molecule has 180 valence electrons. The largest absolute Gasteiger partial charge is 0.493 e. The third-order valence-electron chi connectivity index (χ3n) is 6.74. The van der Waals surface area contributed by atoms with Crippen LogP contribution in [0, 0.1) is 0 Å². The minimum Gasteiger partial charge on any atom is -0.493 e. The van der Waals surface area contributed by atoms with Crippen molar-refractivity contribution in [2.45, 2.75) is 5.92 Å². The van der Waals surface area contributed by atoms with Gasteiger partial charge in [-0.15, -0.1) is 5.10 Å². The first kappa shape index (κ1) is 21.3. The number of ether oxygens (including phenoxy) is 3. The second-order valence-corrected chi connectivity index (χ2v) is 8.73. The third-order valence-corrected chi connectivity index (χ3v) is 6.74. The zero-order valence-corrected chi connectivity index (χ0v) is 20.1. The van der Waals surface area contributed by atoms with Crippen LogP contribution in [0.25, 0.3) is 27.9 Å². The van der Waals surface area contributed by atoms with Gasteiger partial charge in [-0.25, -0.2) is 14.5 Å². The zero-order chi connectivity index (χ0) is 24.9. The summed E-state index contributed by atoms with van der Waals surface area (Å²) in [5, 5.41) is 6.89. The Morgan fingerprint density at radius 1 is 0.838 bits per heavy atom. The van der Waals surface area contributed by atoms with Crippen LogP contribution in [0.3, 0.4) is 0 Å². The van der Waals surface area contributed by atoms with Gasteiger partial charge in [0.1, 0.15) is 17.8 Å². The molecule has 0 amide bonds. The molecule has 8 heteroatoms. The van der Waals surface area contributed by atoms with Crippen LogP contribution in [0.5, 0.6) is 23.1 Å². The van der Waals surface area contributed by atoms with Crippen LogP contribution in [0.4, 0.5) is 0 Å². The molecule has 0 radical (unpaired) electrons. The average molecular weight is 488 g/mol. The molecular formula is C29H21N5O3. The lowest BCUT2D eigenvalue weighted by molar-refractivity contribution is 0.354. The van der Waals surface area contributed by atoms with Gasteiger partial charge < -0.3 is 14.2 Å². The molecule has 0 fully saturated rings. The van der Waals surface area contributed by atoms with Crippen LogP contribution in [0.1, 0.15) is 22.6 Å². The van der Waals surface area contributed by atoms with Gasteiger partial charge in [0.2, 0.25) is 11.7 Å². The van der Waals surface area contributed by atoms with Gasteiger partial charge >= 0.3 is 0 Å². The van der Waals surface area contributed by atoms with E-state index in [2.05, 4.69) is 33.3 Å². The van der Waals surface area contributed by atoms with E-state index in [1.165, 1.54) is 0 Å². The van der Waals surface area contributed by atoms with Crippen molar-refractivity contribution in [1.82, 2.24) is 24.6 Å². The molecule has 6 aromatic rings. The number of benzene rings is 3. The molecule has 0 bridgehead atoms. The number of nitrogens with zero attached hydrogens (tertiary/aromatic N) is 5. The molecule has 0 saturated carbocycles. The monoisotopic (exact) mass is 487 g/mol. The summed E-state index contributed by atoms with van der Waals surface area (Å²) in [6.45, 7) is 0. The maximum Gasteiger partial charge on any atom is 0.228 e. The number of hydrogen-bond donors (Lipinski definition) is 0. The van der Waals surface area contributed by atoms with Crippen molar-refractivity contribution >= 4 is 16.4 Å². The molecule has 1 aliphatic heterocycles. The fourth-order valence-corrected chi connectivity index (χ4v) is 5.07. The minimum absolute atomic E-state index is 0.248. The van der Waals surface area contributed by atoms with Crippen LogP contribution >= 0.6 is 0 Å². The Hall–Kier alpha value is -4.98. The molecule has 4 heterocycles. The smallest absolute Gasteiger partial charge is 0.228 e. The normalized spacial score (nSPS) is 14.2. The van der Waals surface area contributed by atoms with E-state index in [0.717, 1.165) is 33.2 Å². The van der Waals surface area contributed by atoms with Crippen molar-refractivity contribution in [3.8, 4) is 34.6 Å². The SMILES string of the molecule is COc1ccc([C@H]2c3c(ccc4ccccc34)Oc3ncn4nc(-c5ccccn5)nc4c32)cc1OC. The first-order valence-electron chi connectivity index (χ1n) is 11.8. The summed E-state index contributed by atoms with van der Waals surface area (Å²) < 4.78 is 19.3. The van der Waals surface area contributed by atoms with Gasteiger partial charge in [-0.1, -0.05) is 42.5 Å². The summed E-state index contributed by atoms with van der Waals surface area (Å²) in [6, 6.07) is 24.0. The Bertz CT molecular complexity index is 1800. The lowest BCUT2D eigenvalue weighted by Gasteiger charge is -2.29. The molecule has 0 aliphatic carbocycles. The summed E-state index contributed by atoms with van der Waals surface area (Å²) in [5.41, 5.74) is 4.20. The average Bonchev–Trinajstić information content (AvgIpc) is 3.41. The van der Waals surface area contributed by atoms with Crippen molar-refractivity contribution in [3.63, 3.8) is 0 Å². The van der Waals surface area contributed by atoms with Crippen LogP contribution in [-0.4, -0.2) is 38.8 Å². The zero-order valence-electron chi connectivity index (χ0n) is 20.1. The topological polar surface area (TPSA) is 83.7 Å². The van der Waals surface area contributed by atoms with Crippen LogP contribution in [0.2, 0.25) is 0 Å². The molecule has 0 unspecified atom stereocenters. The van der Waals surface area contributed by atoms with E-state index in [1.807, 2.05) is 54.6 Å². The Balaban J connectivity index is 1.54. The lowest BCUT2D eigenvalue weighted by Crippen LogP contribution is -2.15. The number of aromatic nitrogens is 5. The van der Waals surface area contributed by atoms with Crippen molar-refractivity contribution in [2.75, 3.05) is 14.2 Å². The van der Waals surface area contributed by atoms with Gasteiger partial charge in [-0.05, 0) is 46.7 Å². The van der Waals surface area contributed by atoms with Crippen molar-refractivity contribution in [3.05, 3.63) is 102 Å². The Kier molecular flexibility index (Phi) is 4.78. The highest BCUT2D eigenvalue weighted by molar-refractivity contribution is 5.91. The molecule has 0 spiro atoms. The maximum absolute atomic E-state index is 6.40. The Morgan fingerprint density at radius 2 is 1.70 bits per heavy atom. The van der Waals surface area contributed by atoms with Gasteiger partial charge in [0, 0.05) is 17.7 Å². The molecule has 1 aliphatic rings. The van der Waals surface area contributed by atoms with E-state index in [1.54, 1.807) is 31.3 Å². The van der Waals surface area contributed by atoms with Crippen molar-refractivity contribution in [1.29, 1.82) is 0 Å². The molecule has 0 N–H and O–H groups in total. The molecule has 7 rings (SSSR count). The number of methoxy groups -OCH3 is 2. The fraction of sp³-hybridized carbons (Fsp3) is 0.103. The quantitative estimate of drug-likeness (QED) is 0.318. The molecule has 37 heavy (non-hydrogen) atoms. The fourth-order valence-electron chi connectivity index (χ4n) is 5.07. The maximum atomic E-state index is 6.40. The van der Waals surface area contributed by atoms with E-state index in [9.17, 15) is 0 Å². The van der Waals surface area contributed by atoms with Crippen LogP contribution in [0.15, 0.2) is 85.3 Å². The Morgan fingerprint density at radius 3 is 2.54 bits per heavy atom. The summed E-state index contributed by atoms with van der Waals surface area (Å²) in [6.07, 6.45) is 3.36. The number of pyridine rings is 1. The number of hydrogen-bond acceptors (Lipinski definition) is 7. The minimum atomic E-state index is -0.248. The summed E-state index contributed by atoms with van der Waals surface area (Å²) in [5.74, 6) is 2.83. The van der Waals surface area contributed by atoms with Crippen molar-refractivity contribution in [2.24, 2.45) is 0 Å². The second kappa shape index (κ2) is 8.30. The molecule has 0 saturated heterocycles. The van der Waals surface area contributed by atoms with Gasteiger partial charge in [0.05, 0.1) is 19.8 Å².